The molecule has 0 aliphatic carbocycles. The lowest BCUT2D eigenvalue weighted by atomic mass is 10.1. The average molecular weight is 202 g/mol. The van der Waals surface area contributed by atoms with E-state index in [4.69, 9.17) is 15.6 Å². The monoisotopic (exact) mass is 202 g/mol. The van der Waals surface area contributed by atoms with Gasteiger partial charge in [-0.3, -0.25) is 9.69 Å². The molecular weight excluding hydrogens is 184 g/mol. The zero-order valence-corrected chi connectivity index (χ0v) is 8.32. The largest absolute Gasteiger partial charge is 0.394 e. The lowest BCUT2D eigenvalue weighted by Crippen LogP contribution is -2.41. The second-order valence-corrected chi connectivity index (χ2v) is 3.54. The highest BCUT2D eigenvalue weighted by Crippen LogP contribution is 2.12. The van der Waals surface area contributed by atoms with Crippen LogP contribution in [0.15, 0.2) is 0 Å². The molecular formula is C9H18N2O3. The van der Waals surface area contributed by atoms with Gasteiger partial charge in [-0.25, -0.2) is 0 Å². The third kappa shape index (κ3) is 4.04. The van der Waals surface area contributed by atoms with E-state index < -0.39 is 0 Å². The Kier molecular flexibility index (Phi) is 4.86. The van der Waals surface area contributed by atoms with Crippen molar-refractivity contribution in [2.75, 3.05) is 32.8 Å². The van der Waals surface area contributed by atoms with Gasteiger partial charge in [0.25, 0.3) is 0 Å². The van der Waals surface area contributed by atoms with Gasteiger partial charge in [0.15, 0.2) is 0 Å². The minimum Gasteiger partial charge on any atom is -0.394 e. The number of rotatable bonds is 5. The molecule has 0 saturated carbocycles. The minimum absolute atomic E-state index is 0.0709. The van der Waals surface area contributed by atoms with Crippen LogP contribution in [0, 0.1) is 0 Å². The van der Waals surface area contributed by atoms with Crippen molar-refractivity contribution in [3.63, 3.8) is 0 Å². The quantitative estimate of drug-likeness (QED) is 0.596. The molecule has 0 aromatic heterocycles. The summed E-state index contributed by atoms with van der Waals surface area (Å²) in [6.07, 6.45) is 2.05. The van der Waals surface area contributed by atoms with Crippen molar-refractivity contribution in [1.82, 2.24) is 4.90 Å². The Labute approximate surface area is 83.8 Å². The molecule has 1 heterocycles. The van der Waals surface area contributed by atoms with E-state index in [1.807, 2.05) is 4.90 Å². The highest BCUT2D eigenvalue weighted by molar-refractivity contribution is 5.75. The van der Waals surface area contributed by atoms with E-state index in [-0.39, 0.29) is 18.6 Å². The second kappa shape index (κ2) is 5.95. The molecule has 1 aliphatic heterocycles. The number of nitrogens with two attached hydrogens (primary N) is 1. The van der Waals surface area contributed by atoms with Gasteiger partial charge in [-0.2, -0.15) is 0 Å². The molecule has 1 amide bonds. The maximum atomic E-state index is 10.6. The molecule has 0 bridgehead atoms. The fourth-order valence-corrected chi connectivity index (χ4v) is 1.67. The number of carbonyl (C=O) groups excluding carboxylic acids is 1. The average Bonchev–Trinajstić information content (AvgIpc) is 2.16. The zero-order chi connectivity index (χ0) is 10.4. The topological polar surface area (TPSA) is 75.8 Å². The summed E-state index contributed by atoms with van der Waals surface area (Å²) in [5.41, 5.74) is 5.09. The first-order valence-electron chi connectivity index (χ1n) is 4.95. The van der Waals surface area contributed by atoms with Crippen molar-refractivity contribution >= 4 is 5.91 Å². The van der Waals surface area contributed by atoms with Gasteiger partial charge in [-0.15, -0.1) is 0 Å². The fourth-order valence-electron chi connectivity index (χ4n) is 1.67. The van der Waals surface area contributed by atoms with Crippen LogP contribution in [-0.2, 0) is 9.53 Å². The molecule has 0 aromatic rings. The van der Waals surface area contributed by atoms with Crippen molar-refractivity contribution < 1.29 is 14.6 Å². The Morgan fingerprint density at radius 1 is 1.50 bits per heavy atom. The van der Waals surface area contributed by atoms with Crippen LogP contribution in [0.3, 0.4) is 0 Å². The molecule has 5 nitrogen and oxygen atoms in total. The molecule has 3 N–H and O–H groups in total. The SMILES string of the molecule is NC(=O)CN1CCC(OCCO)CC1. The first kappa shape index (κ1) is 11.4. The first-order valence-corrected chi connectivity index (χ1v) is 4.95. The van der Waals surface area contributed by atoms with E-state index in [0.717, 1.165) is 25.9 Å². The van der Waals surface area contributed by atoms with Crippen molar-refractivity contribution in [3.8, 4) is 0 Å². The number of nitrogens with zero attached hydrogens (tertiary/aromatic N) is 1. The molecule has 1 saturated heterocycles. The number of hydrogen-bond acceptors (Lipinski definition) is 4. The Balaban J connectivity index is 2.14. The van der Waals surface area contributed by atoms with Crippen LogP contribution in [0.2, 0.25) is 0 Å². The summed E-state index contributed by atoms with van der Waals surface area (Å²) in [4.78, 5) is 12.7. The molecule has 0 radical (unpaired) electrons. The number of aliphatic hydroxyl groups is 1. The van der Waals surface area contributed by atoms with E-state index in [9.17, 15) is 4.79 Å². The van der Waals surface area contributed by atoms with Crippen LogP contribution in [0.1, 0.15) is 12.8 Å². The normalized spacial score (nSPS) is 19.8. The first-order chi connectivity index (χ1) is 6.72. The number of aliphatic hydroxyl groups excluding tert-OH is 1. The van der Waals surface area contributed by atoms with Crippen LogP contribution in [-0.4, -0.2) is 54.9 Å². The van der Waals surface area contributed by atoms with Crippen LogP contribution < -0.4 is 5.73 Å². The number of hydrogen-bond donors (Lipinski definition) is 2. The zero-order valence-electron chi connectivity index (χ0n) is 8.32. The van der Waals surface area contributed by atoms with Crippen molar-refractivity contribution in [1.29, 1.82) is 0 Å². The fraction of sp³-hybridized carbons (Fsp3) is 0.889. The summed E-state index contributed by atoms with van der Waals surface area (Å²) in [6, 6.07) is 0. The van der Waals surface area contributed by atoms with Gasteiger partial charge in [0.1, 0.15) is 0 Å². The minimum atomic E-state index is -0.278. The van der Waals surface area contributed by atoms with Gasteiger partial charge < -0.3 is 15.6 Å². The molecule has 1 fully saturated rings. The highest BCUT2D eigenvalue weighted by Gasteiger charge is 2.20. The van der Waals surface area contributed by atoms with Gasteiger partial charge in [0.2, 0.25) is 5.91 Å². The highest BCUT2D eigenvalue weighted by atomic mass is 16.5. The van der Waals surface area contributed by atoms with Gasteiger partial charge in [0, 0.05) is 13.1 Å². The summed E-state index contributed by atoms with van der Waals surface area (Å²) < 4.78 is 5.39. The Bertz CT molecular complexity index is 179. The molecule has 82 valence electrons. The molecule has 0 spiro atoms. The van der Waals surface area contributed by atoms with E-state index in [1.54, 1.807) is 0 Å². The number of ether oxygens (including phenoxy) is 1. The molecule has 14 heavy (non-hydrogen) atoms. The summed E-state index contributed by atoms with van der Waals surface area (Å²) in [6.45, 7) is 2.51. The summed E-state index contributed by atoms with van der Waals surface area (Å²) in [7, 11) is 0. The van der Waals surface area contributed by atoms with Gasteiger partial charge in [-0.05, 0) is 12.8 Å². The van der Waals surface area contributed by atoms with Crippen LogP contribution >= 0.6 is 0 Å². The number of piperidine rings is 1. The van der Waals surface area contributed by atoms with Crippen molar-refractivity contribution in [2.24, 2.45) is 5.73 Å². The van der Waals surface area contributed by atoms with E-state index in [1.165, 1.54) is 0 Å². The third-order valence-corrected chi connectivity index (χ3v) is 2.36. The van der Waals surface area contributed by atoms with Crippen molar-refractivity contribution in [3.05, 3.63) is 0 Å². The molecule has 1 rings (SSSR count). The van der Waals surface area contributed by atoms with E-state index in [2.05, 4.69) is 0 Å². The third-order valence-electron chi connectivity index (χ3n) is 2.36. The van der Waals surface area contributed by atoms with Crippen LogP contribution in [0.4, 0.5) is 0 Å². The number of primary amides is 1. The Morgan fingerprint density at radius 3 is 2.64 bits per heavy atom. The lowest BCUT2D eigenvalue weighted by Gasteiger charge is -2.30. The number of likely N-dealkylation sites (tertiary alicyclic amines) is 1. The summed E-state index contributed by atoms with van der Waals surface area (Å²) in [5.74, 6) is -0.278. The summed E-state index contributed by atoms with van der Waals surface area (Å²) in [5, 5.41) is 8.57. The second-order valence-electron chi connectivity index (χ2n) is 3.54. The maximum Gasteiger partial charge on any atom is 0.231 e. The molecule has 0 unspecified atom stereocenters. The number of amides is 1. The van der Waals surface area contributed by atoms with Crippen molar-refractivity contribution in [2.45, 2.75) is 18.9 Å². The van der Waals surface area contributed by atoms with E-state index >= 15 is 0 Å². The molecule has 5 heteroatoms. The standard InChI is InChI=1S/C9H18N2O3/c10-9(13)7-11-3-1-8(2-4-11)14-6-5-12/h8,12H,1-7H2,(H2,10,13). The van der Waals surface area contributed by atoms with Gasteiger partial charge >= 0.3 is 0 Å². The van der Waals surface area contributed by atoms with Gasteiger partial charge in [-0.1, -0.05) is 0 Å². The smallest absolute Gasteiger partial charge is 0.231 e. The maximum absolute atomic E-state index is 10.6. The van der Waals surface area contributed by atoms with Crippen LogP contribution in [0.25, 0.3) is 0 Å². The number of carbonyl (C=O) groups is 1. The van der Waals surface area contributed by atoms with E-state index in [0.29, 0.717) is 13.2 Å². The molecule has 1 aliphatic rings. The Morgan fingerprint density at radius 2 is 2.14 bits per heavy atom. The Hall–Kier alpha value is -0.650. The van der Waals surface area contributed by atoms with Gasteiger partial charge in [0.05, 0.1) is 25.9 Å². The summed E-state index contributed by atoms with van der Waals surface area (Å²) >= 11 is 0. The predicted octanol–water partition coefficient (Wildman–Crippen LogP) is -1.05. The lowest BCUT2D eigenvalue weighted by molar-refractivity contribution is -0.119. The van der Waals surface area contributed by atoms with Crippen LogP contribution in [0.5, 0.6) is 0 Å². The molecule has 0 aromatic carbocycles. The predicted molar refractivity (Wildman–Crippen MR) is 51.7 cm³/mol. The molecule has 0 atom stereocenters.